The Morgan fingerprint density at radius 3 is 1.83 bits per heavy atom. The van der Waals surface area contributed by atoms with Crippen LogP contribution < -0.4 is 5.30 Å². The van der Waals surface area contributed by atoms with E-state index in [1.54, 1.807) is 5.30 Å². The average molecular weight is 326 g/mol. The molecule has 0 fully saturated rings. The quantitative estimate of drug-likeness (QED) is 0.547. The van der Waals surface area contributed by atoms with Crippen LogP contribution >= 0.6 is 7.92 Å². The van der Waals surface area contributed by atoms with E-state index in [1.807, 2.05) is 0 Å². The Labute approximate surface area is 144 Å². The average Bonchev–Trinajstić information content (AvgIpc) is 2.48. The molecule has 0 aromatic heterocycles. The van der Waals surface area contributed by atoms with Gasteiger partial charge in [-0.25, -0.2) is 0 Å². The fourth-order valence-electron chi connectivity index (χ4n) is 3.14. The van der Waals surface area contributed by atoms with E-state index in [-0.39, 0.29) is 7.92 Å². The Balaban J connectivity index is 2.32. The Morgan fingerprint density at radius 2 is 1.26 bits per heavy atom. The van der Waals surface area contributed by atoms with Gasteiger partial charge in [-0.05, 0) is 59.5 Å². The number of hydrogen-bond donors (Lipinski definition) is 0. The van der Waals surface area contributed by atoms with E-state index in [4.69, 9.17) is 0 Å². The van der Waals surface area contributed by atoms with Gasteiger partial charge < -0.3 is 0 Å². The molecule has 124 valence electrons. The van der Waals surface area contributed by atoms with Gasteiger partial charge in [0.05, 0.1) is 0 Å². The van der Waals surface area contributed by atoms with Crippen molar-refractivity contribution in [2.75, 3.05) is 12.3 Å². The Kier molecular flexibility index (Phi) is 6.85. The third-order valence-electron chi connectivity index (χ3n) is 4.15. The second-order valence-electron chi connectivity index (χ2n) is 7.42. The molecule has 0 radical (unpaired) electrons. The van der Waals surface area contributed by atoms with Crippen molar-refractivity contribution >= 4 is 13.2 Å². The van der Waals surface area contributed by atoms with Crippen molar-refractivity contribution in [3.63, 3.8) is 0 Å². The van der Waals surface area contributed by atoms with E-state index in [2.05, 4.69) is 83.1 Å². The highest BCUT2D eigenvalue weighted by atomic mass is 31.1. The van der Waals surface area contributed by atoms with Crippen molar-refractivity contribution < 1.29 is 0 Å². The van der Waals surface area contributed by atoms with Crippen LogP contribution in [0.25, 0.3) is 0 Å². The molecular weight excluding hydrogens is 295 g/mol. The fourth-order valence-corrected chi connectivity index (χ4v) is 6.30. The molecule has 0 atom stereocenters. The van der Waals surface area contributed by atoms with Gasteiger partial charge in [0.15, 0.2) is 0 Å². The highest BCUT2D eigenvalue weighted by Gasteiger charge is 2.17. The van der Waals surface area contributed by atoms with Crippen molar-refractivity contribution in [1.29, 1.82) is 0 Å². The number of rotatable bonds is 7. The standard InChI is InChI=1S/C22H31P/c1-17(2)15-23(16-18(3)4)22-13-9-8-12-21(22)14-20-11-7-6-10-19(20)5/h6-13,17-18H,14-16H2,1-5H3. The summed E-state index contributed by atoms with van der Waals surface area (Å²) < 4.78 is 0. The molecular formula is C22H31P. The first-order valence-corrected chi connectivity index (χ1v) is 10.6. The van der Waals surface area contributed by atoms with Gasteiger partial charge in [0.25, 0.3) is 0 Å². The number of hydrogen-bond acceptors (Lipinski definition) is 0. The van der Waals surface area contributed by atoms with Gasteiger partial charge in [-0.2, -0.15) is 0 Å². The smallest absolute Gasteiger partial charge is 0.00168 e. The fraction of sp³-hybridized carbons (Fsp3) is 0.455. The van der Waals surface area contributed by atoms with Crippen LogP contribution in [0.2, 0.25) is 0 Å². The molecule has 0 aliphatic carbocycles. The summed E-state index contributed by atoms with van der Waals surface area (Å²) in [7, 11) is -0.0613. The second-order valence-corrected chi connectivity index (χ2v) is 9.72. The molecule has 0 nitrogen and oxygen atoms in total. The van der Waals surface area contributed by atoms with E-state index in [9.17, 15) is 0 Å². The molecule has 0 N–H and O–H groups in total. The largest absolute Gasteiger partial charge is 0.0745 e. The lowest BCUT2D eigenvalue weighted by Crippen LogP contribution is -2.16. The molecule has 0 amide bonds. The van der Waals surface area contributed by atoms with Gasteiger partial charge >= 0.3 is 0 Å². The van der Waals surface area contributed by atoms with Gasteiger partial charge in [-0.1, -0.05) is 84.1 Å². The summed E-state index contributed by atoms with van der Waals surface area (Å²) in [5.74, 6) is 1.54. The minimum Gasteiger partial charge on any atom is -0.0745 e. The zero-order valence-corrected chi connectivity index (χ0v) is 16.2. The summed E-state index contributed by atoms with van der Waals surface area (Å²) in [5, 5.41) is 1.63. The van der Waals surface area contributed by atoms with E-state index >= 15 is 0 Å². The van der Waals surface area contributed by atoms with Crippen LogP contribution in [0.4, 0.5) is 0 Å². The van der Waals surface area contributed by atoms with E-state index in [0.717, 1.165) is 18.3 Å². The van der Waals surface area contributed by atoms with Gasteiger partial charge in [0.1, 0.15) is 0 Å². The predicted octanol–water partition coefficient (Wildman–Crippen LogP) is 6.01. The molecule has 0 aliphatic rings. The Morgan fingerprint density at radius 1 is 0.739 bits per heavy atom. The lowest BCUT2D eigenvalue weighted by molar-refractivity contribution is 0.721. The minimum absolute atomic E-state index is 0.0613. The molecule has 1 heteroatoms. The van der Waals surface area contributed by atoms with Crippen molar-refractivity contribution in [2.24, 2.45) is 11.8 Å². The molecule has 0 saturated heterocycles. The van der Waals surface area contributed by atoms with Crippen LogP contribution in [0, 0.1) is 18.8 Å². The van der Waals surface area contributed by atoms with Gasteiger partial charge in [0, 0.05) is 0 Å². The Bertz CT molecular complexity index is 603. The molecule has 0 aliphatic heterocycles. The predicted molar refractivity (Wildman–Crippen MR) is 106 cm³/mol. The first-order chi connectivity index (χ1) is 11.0. The molecule has 23 heavy (non-hydrogen) atoms. The van der Waals surface area contributed by atoms with Crippen molar-refractivity contribution in [2.45, 2.75) is 41.0 Å². The lowest BCUT2D eigenvalue weighted by atomic mass is 10.0. The minimum atomic E-state index is -0.0613. The summed E-state index contributed by atoms with van der Waals surface area (Å²) >= 11 is 0. The van der Waals surface area contributed by atoms with Crippen LogP contribution in [0.15, 0.2) is 48.5 Å². The molecule has 2 aromatic carbocycles. The highest BCUT2D eigenvalue weighted by Crippen LogP contribution is 2.40. The Hall–Kier alpha value is -1.13. The summed E-state index contributed by atoms with van der Waals surface area (Å²) in [6, 6.07) is 18.0. The third kappa shape index (κ3) is 5.47. The van der Waals surface area contributed by atoms with Crippen molar-refractivity contribution in [3.05, 3.63) is 65.2 Å². The number of aryl methyl sites for hydroxylation is 1. The van der Waals surface area contributed by atoms with Crippen molar-refractivity contribution in [3.8, 4) is 0 Å². The third-order valence-corrected chi connectivity index (χ3v) is 7.61. The molecule has 2 aromatic rings. The first kappa shape index (κ1) is 18.2. The maximum atomic E-state index is 2.39. The van der Waals surface area contributed by atoms with Crippen molar-refractivity contribution in [1.82, 2.24) is 0 Å². The molecule has 0 bridgehead atoms. The van der Waals surface area contributed by atoms with E-state index < -0.39 is 0 Å². The molecule has 0 spiro atoms. The van der Waals surface area contributed by atoms with Crippen LogP contribution in [0.5, 0.6) is 0 Å². The summed E-state index contributed by atoms with van der Waals surface area (Å²) in [6.45, 7) is 11.7. The zero-order chi connectivity index (χ0) is 16.8. The SMILES string of the molecule is Cc1ccccc1Cc1ccccc1P(CC(C)C)CC(C)C. The number of benzene rings is 2. The van der Waals surface area contributed by atoms with Crippen LogP contribution in [-0.4, -0.2) is 12.3 Å². The summed E-state index contributed by atoms with van der Waals surface area (Å²) in [5.41, 5.74) is 4.40. The highest BCUT2D eigenvalue weighted by molar-refractivity contribution is 7.65. The molecule has 0 heterocycles. The normalized spacial score (nSPS) is 11.7. The molecule has 0 unspecified atom stereocenters. The topological polar surface area (TPSA) is 0 Å². The molecule has 2 rings (SSSR count). The maximum absolute atomic E-state index is 2.39. The summed E-state index contributed by atoms with van der Waals surface area (Å²) in [6.07, 6.45) is 3.76. The van der Waals surface area contributed by atoms with Gasteiger partial charge in [-0.15, -0.1) is 0 Å². The monoisotopic (exact) mass is 326 g/mol. The first-order valence-electron chi connectivity index (χ1n) is 8.84. The lowest BCUT2D eigenvalue weighted by Gasteiger charge is -2.25. The zero-order valence-electron chi connectivity index (χ0n) is 15.3. The van der Waals surface area contributed by atoms with E-state index in [0.29, 0.717) is 0 Å². The van der Waals surface area contributed by atoms with E-state index in [1.165, 1.54) is 29.0 Å². The van der Waals surface area contributed by atoms with Gasteiger partial charge in [-0.3, -0.25) is 0 Å². The summed E-state index contributed by atoms with van der Waals surface area (Å²) in [4.78, 5) is 0. The maximum Gasteiger partial charge on any atom is -0.00168 e. The van der Waals surface area contributed by atoms with Crippen LogP contribution in [-0.2, 0) is 6.42 Å². The van der Waals surface area contributed by atoms with Crippen LogP contribution in [0.1, 0.15) is 44.4 Å². The molecule has 0 saturated carbocycles. The van der Waals surface area contributed by atoms with Gasteiger partial charge in [0.2, 0.25) is 0 Å². The second kappa shape index (κ2) is 8.65. The van der Waals surface area contributed by atoms with Crippen LogP contribution in [0.3, 0.4) is 0 Å².